The van der Waals surface area contributed by atoms with Gasteiger partial charge in [0.05, 0.1) is 9.28 Å². The Labute approximate surface area is 71.9 Å². The van der Waals surface area contributed by atoms with E-state index in [0.29, 0.717) is 3.70 Å². The molecule has 5 heteroatoms. The molecule has 0 aromatic carbocycles. The highest BCUT2D eigenvalue weighted by Crippen LogP contribution is 2.06. The van der Waals surface area contributed by atoms with Crippen molar-refractivity contribution in [3.8, 4) is 0 Å². The molecule has 0 aliphatic heterocycles. The second-order valence-electron chi connectivity index (χ2n) is 1.41. The number of carbonyl (C=O) groups excluding carboxylic acids is 1. The third-order valence-electron chi connectivity index (χ3n) is 0.808. The summed E-state index contributed by atoms with van der Waals surface area (Å²) in [5.74, 6) is -0.651. The molecule has 0 saturated carbocycles. The van der Waals surface area contributed by atoms with Crippen molar-refractivity contribution in [1.29, 1.82) is 0 Å². The van der Waals surface area contributed by atoms with E-state index >= 15 is 0 Å². The van der Waals surface area contributed by atoms with Crippen LogP contribution < -0.4 is 11.2 Å². The molecule has 10 heavy (non-hydrogen) atoms. The highest BCUT2D eigenvalue weighted by atomic mass is 127. The van der Waals surface area contributed by atoms with Gasteiger partial charge in [0.2, 0.25) is 0 Å². The predicted molar refractivity (Wildman–Crippen MR) is 45.4 cm³/mol. The van der Waals surface area contributed by atoms with E-state index in [1.54, 1.807) is 22.6 Å². The van der Waals surface area contributed by atoms with E-state index < -0.39 is 5.91 Å². The van der Waals surface area contributed by atoms with Gasteiger partial charge < -0.3 is 5.73 Å². The predicted octanol–water partition coefficient (Wildman–Crippen LogP) is 0.283. The van der Waals surface area contributed by atoms with Crippen LogP contribution in [0.5, 0.6) is 0 Å². The van der Waals surface area contributed by atoms with Crippen LogP contribution in [0.15, 0.2) is 21.9 Å². The fourth-order valence-corrected chi connectivity index (χ4v) is 0.824. The first-order chi connectivity index (χ1) is 4.63. The number of halogens is 1. The van der Waals surface area contributed by atoms with Gasteiger partial charge in [-0.05, 0) is 22.6 Å². The maximum absolute atomic E-state index is 10.6. The Balaban J connectivity index is 4.53. The molecular weight excluding hydrogens is 247 g/mol. The van der Waals surface area contributed by atoms with Crippen molar-refractivity contribution < 1.29 is 10.0 Å². The third-order valence-corrected chi connectivity index (χ3v) is 1.39. The number of carbonyl (C=O) groups is 1. The van der Waals surface area contributed by atoms with E-state index in [2.05, 4.69) is 6.58 Å². The summed E-state index contributed by atoms with van der Waals surface area (Å²) < 4.78 is 0.291. The summed E-state index contributed by atoms with van der Waals surface area (Å²) >= 11 is 1.76. The fraction of sp³-hybridized carbons (Fsp3) is 0. The lowest BCUT2D eigenvalue weighted by Crippen LogP contribution is -2.21. The number of amides is 1. The summed E-state index contributed by atoms with van der Waals surface area (Å²) in [6.07, 6.45) is 1.27. The first-order valence-electron chi connectivity index (χ1n) is 2.35. The van der Waals surface area contributed by atoms with Crippen molar-refractivity contribution in [2.24, 2.45) is 5.73 Å². The van der Waals surface area contributed by atoms with E-state index in [4.69, 9.17) is 10.9 Å². The van der Waals surface area contributed by atoms with Crippen molar-refractivity contribution in [1.82, 2.24) is 5.48 Å². The smallest absolute Gasteiger partial charge is 0.277 e. The largest absolute Gasteiger partial charge is 0.393 e. The minimum absolute atomic E-state index is 0.170. The van der Waals surface area contributed by atoms with Crippen molar-refractivity contribution in [3.05, 3.63) is 21.9 Å². The van der Waals surface area contributed by atoms with Crippen LogP contribution in [-0.4, -0.2) is 11.1 Å². The zero-order valence-corrected chi connectivity index (χ0v) is 7.25. The van der Waals surface area contributed by atoms with Gasteiger partial charge in [0.15, 0.2) is 0 Å². The highest BCUT2D eigenvalue weighted by Gasteiger charge is 2.05. The summed E-state index contributed by atoms with van der Waals surface area (Å²) in [6.45, 7) is 3.34. The van der Waals surface area contributed by atoms with Crippen LogP contribution in [0.1, 0.15) is 0 Å². The number of hydrogen-bond acceptors (Lipinski definition) is 3. The maximum atomic E-state index is 10.6. The Bertz CT molecular complexity index is 184. The molecule has 0 fully saturated rings. The topological polar surface area (TPSA) is 75.3 Å². The van der Waals surface area contributed by atoms with E-state index in [1.807, 2.05) is 0 Å². The van der Waals surface area contributed by atoms with Crippen molar-refractivity contribution >= 4 is 28.5 Å². The van der Waals surface area contributed by atoms with Gasteiger partial charge in [-0.3, -0.25) is 10.0 Å². The summed E-state index contributed by atoms with van der Waals surface area (Å²) in [6, 6.07) is 0. The van der Waals surface area contributed by atoms with Gasteiger partial charge in [0.1, 0.15) is 0 Å². The summed E-state index contributed by atoms with van der Waals surface area (Å²) in [7, 11) is 0. The Hall–Kier alpha value is -0.560. The van der Waals surface area contributed by atoms with Crippen LogP contribution in [0.4, 0.5) is 0 Å². The lowest BCUT2D eigenvalue weighted by Gasteiger charge is -1.98. The van der Waals surface area contributed by atoms with Crippen molar-refractivity contribution in [2.75, 3.05) is 0 Å². The summed E-state index contributed by atoms with van der Waals surface area (Å²) in [5.41, 5.74) is 6.86. The molecule has 0 rings (SSSR count). The van der Waals surface area contributed by atoms with E-state index in [1.165, 1.54) is 11.6 Å². The standard InChI is InChI=1S/C5H7IN2O2/c1-2-3(4(6)7)5(9)8-10/h2,10H,1,7H2,(H,8,9)/b4-3-. The fourth-order valence-electron chi connectivity index (χ4n) is 0.359. The Morgan fingerprint density at radius 1 is 1.80 bits per heavy atom. The molecule has 0 unspecified atom stereocenters. The van der Waals surface area contributed by atoms with Gasteiger partial charge in [-0.1, -0.05) is 12.7 Å². The Morgan fingerprint density at radius 3 is 2.40 bits per heavy atom. The van der Waals surface area contributed by atoms with Crippen molar-refractivity contribution in [3.63, 3.8) is 0 Å². The van der Waals surface area contributed by atoms with Crippen LogP contribution in [0.25, 0.3) is 0 Å². The van der Waals surface area contributed by atoms with Crippen LogP contribution >= 0.6 is 22.6 Å². The second-order valence-corrected chi connectivity index (χ2v) is 2.57. The molecule has 4 N–H and O–H groups in total. The highest BCUT2D eigenvalue weighted by molar-refractivity contribution is 14.1. The zero-order valence-electron chi connectivity index (χ0n) is 5.10. The molecule has 1 amide bonds. The molecule has 0 heterocycles. The van der Waals surface area contributed by atoms with E-state index in [9.17, 15) is 4.79 Å². The third kappa shape index (κ3) is 2.36. The van der Waals surface area contributed by atoms with Gasteiger partial charge in [-0.2, -0.15) is 0 Å². The molecular formula is C5H7IN2O2. The number of hydroxylamine groups is 1. The van der Waals surface area contributed by atoms with Crippen LogP contribution in [0, 0.1) is 0 Å². The van der Waals surface area contributed by atoms with Gasteiger partial charge in [0, 0.05) is 0 Å². The molecule has 0 atom stereocenters. The Morgan fingerprint density at radius 2 is 2.30 bits per heavy atom. The first-order valence-corrected chi connectivity index (χ1v) is 3.43. The molecule has 0 aromatic rings. The van der Waals surface area contributed by atoms with Crippen LogP contribution in [-0.2, 0) is 4.79 Å². The number of nitrogens with two attached hydrogens (primary N) is 1. The van der Waals surface area contributed by atoms with Crippen LogP contribution in [0.3, 0.4) is 0 Å². The molecule has 0 bridgehead atoms. The summed E-state index contributed by atoms with van der Waals surface area (Å²) in [5, 5.41) is 8.14. The molecule has 0 aliphatic carbocycles. The zero-order chi connectivity index (χ0) is 8.15. The lowest BCUT2D eigenvalue weighted by molar-refractivity contribution is -0.124. The summed E-state index contributed by atoms with van der Waals surface area (Å²) in [4.78, 5) is 10.6. The van der Waals surface area contributed by atoms with E-state index in [0.717, 1.165) is 0 Å². The van der Waals surface area contributed by atoms with Crippen molar-refractivity contribution in [2.45, 2.75) is 0 Å². The average Bonchev–Trinajstić information content (AvgIpc) is 1.88. The molecule has 0 radical (unpaired) electrons. The van der Waals surface area contributed by atoms with Gasteiger partial charge in [-0.15, -0.1) is 0 Å². The Kier molecular flexibility index (Phi) is 4.05. The van der Waals surface area contributed by atoms with Gasteiger partial charge in [-0.25, -0.2) is 5.48 Å². The lowest BCUT2D eigenvalue weighted by atomic mass is 10.3. The molecule has 0 spiro atoms. The molecule has 0 aromatic heterocycles. The minimum Gasteiger partial charge on any atom is -0.393 e. The minimum atomic E-state index is -0.651. The SMILES string of the molecule is C=C/C(C(=O)NO)=C(/N)I. The number of nitrogens with one attached hydrogen (secondary N) is 1. The maximum Gasteiger partial charge on any atom is 0.277 e. The van der Waals surface area contributed by atoms with Gasteiger partial charge in [0.25, 0.3) is 5.91 Å². The molecule has 0 saturated heterocycles. The second kappa shape index (κ2) is 4.29. The normalized spacial score (nSPS) is 11.8. The van der Waals surface area contributed by atoms with Crippen LogP contribution in [0.2, 0.25) is 0 Å². The van der Waals surface area contributed by atoms with E-state index in [-0.39, 0.29) is 5.57 Å². The monoisotopic (exact) mass is 254 g/mol. The average molecular weight is 254 g/mol. The number of hydrogen-bond donors (Lipinski definition) is 3. The molecule has 56 valence electrons. The molecule has 4 nitrogen and oxygen atoms in total. The first kappa shape index (κ1) is 9.44. The quantitative estimate of drug-likeness (QED) is 0.165. The van der Waals surface area contributed by atoms with Gasteiger partial charge >= 0.3 is 0 Å². The number of rotatable bonds is 2. The molecule has 0 aliphatic rings.